The van der Waals surface area contributed by atoms with Crippen LogP contribution in [-0.4, -0.2) is 35.0 Å². The van der Waals surface area contributed by atoms with E-state index in [9.17, 15) is 9.59 Å². The lowest BCUT2D eigenvalue weighted by atomic mass is 9.92. The average Bonchev–Trinajstić information content (AvgIpc) is 3.24. The van der Waals surface area contributed by atoms with Gasteiger partial charge in [0.15, 0.2) is 0 Å². The first-order valence-corrected chi connectivity index (χ1v) is 12.0. The summed E-state index contributed by atoms with van der Waals surface area (Å²) in [6.45, 7) is 4.83. The highest BCUT2D eigenvalue weighted by molar-refractivity contribution is 5.91. The fraction of sp³-hybridized carbons (Fsp3) is 0.241. The number of nitrogens with one attached hydrogen (secondary N) is 2. The molecule has 35 heavy (non-hydrogen) atoms. The lowest BCUT2D eigenvalue weighted by molar-refractivity contribution is -0.142. The van der Waals surface area contributed by atoms with Crippen molar-refractivity contribution >= 4 is 28.6 Å². The SMILES string of the molecule is CCOC(=O)Cc1ccc(NC(=O)N2CCc3c([nH]c4ccccc34)C2c2ccc(C)cc2)cc1. The number of aromatic nitrogens is 1. The maximum Gasteiger partial charge on any atom is 0.322 e. The van der Waals surface area contributed by atoms with E-state index in [-0.39, 0.29) is 24.5 Å². The van der Waals surface area contributed by atoms with Crippen LogP contribution < -0.4 is 5.32 Å². The quantitative estimate of drug-likeness (QED) is 0.367. The van der Waals surface area contributed by atoms with Crippen molar-refractivity contribution in [2.75, 3.05) is 18.5 Å². The first-order valence-electron chi connectivity index (χ1n) is 12.0. The second-order valence-electron chi connectivity index (χ2n) is 8.93. The predicted octanol–water partition coefficient (Wildman–Crippen LogP) is 5.76. The summed E-state index contributed by atoms with van der Waals surface area (Å²) in [5, 5.41) is 4.27. The lowest BCUT2D eigenvalue weighted by Gasteiger charge is -2.36. The summed E-state index contributed by atoms with van der Waals surface area (Å²) in [6, 6.07) is 23.7. The Hall–Kier alpha value is -4.06. The van der Waals surface area contributed by atoms with E-state index < -0.39 is 0 Å². The van der Waals surface area contributed by atoms with Crippen LogP contribution in [0.5, 0.6) is 0 Å². The largest absolute Gasteiger partial charge is 0.466 e. The van der Waals surface area contributed by atoms with Crippen molar-refractivity contribution in [1.29, 1.82) is 0 Å². The molecule has 1 aliphatic heterocycles. The number of esters is 1. The van der Waals surface area contributed by atoms with Gasteiger partial charge in [-0.1, -0.05) is 60.2 Å². The van der Waals surface area contributed by atoms with Crippen molar-refractivity contribution in [2.24, 2.45) is 0 Å². The maximum atomic E-state index is 13.5. The van der Waals surface area contributed by atoms with E-state index in [0.29, 0.717) is 18.8 Å². The second kappa shape index (κ2) is 9.66. The summed E-state index contributed by atoms with van der Waals surface area (Å²) in [5.74, 6) is -0.257. The summed E-state index contributed by atoms with van der Waals surface area (Å²) in [7, 11) is 0. The number of aryl methyl sites for hydroxylation is 1. The van der Waals surface area contributed by atoms with Gasteiger partial charge < -0.3 is 19.9 Å². The number of hydrogen-bond donors (Lipinski definition) is 2. The standard InChI is InChI=1S/C29H29N3O3/c1-3-35-26(33)18-20-10-14-22(15-11-20)30-29(34)32-17-16-24-23-6-4-5-7-25(23)31-27(24)28(32)21-12-8-19(2)9-13-21/h4-15,28,31H,3,16-18H2,1-2H3,(H,30,34). The van der Waals surface area contributed by atoms with Crippen molar-refractivity contribution in [1.82, 2.24) is 9.88 Å². The maximum absolute atomic E-state index is 13.5. The predicted molar refractivity (Wildman–Crippen MR) is 138 cm³/mol. The van der Waals surface area contributed by atoms with Gasteiger partial charge in [0.25, 0.3) is 0 Å². The zero-order valence-electron chi connectivity index (χ0n) is 20.0. The van der Waals surface area contributed by atoms with Crippen molar-refractivity contribution in [3.8, 4) is 0 Å². The van der Waals surface area contributed by atoms with Crippen LogP contribution in [0.3, 0.4) is 0 Å². The number of amides is 2. The third-order valence-corrected chi connectivity index (χ3v) is 6.55. The van der Waals surface area contributed by atoms with Crippen molar-refractivity contribution < 1.29 is 14.3 Å². The van der Waals surface area contributed by atoms with Gasteiger partial charge in [-0.2, -0.15) is 0 Å². The molecule has 2 heterocycles. The normalized spacial score (nSPS) is 15.0. The van der Waals surface area contributed by atoms with E-state index in [2.05, 4.69) is 59.7 Å². The number of rotatable bonds is 5. The molecule has 178 valence electrons. The number of nitrogens with zero attached hydrogens (tertiary/aromatic N) is 1. The summed E-state index contributed by atoms with van der Waals surface area (Å²) >= 11 is 0. The van der Waals surface area contributed by atoms with Gasteiger partial charge in [0, 0.05) is 28.8 Å². The van der Waals surface area contributed by atoms with Crippen LogP contribution in [0.2, 0.25) is 0 Å². The minimum atomic E-state index is -0.257. The summed E-state index contributed by atoms with van der Waals surface area (Å²) < 4.78 is 5.01. The minimum Gasteiger partial charge on any atom is -0.466 e. The Labute approximate surface area is 204 Å². The Morgan fingerprint density at radius 2 is 1.77 bits per heavy atom. The molecule has 0 saturated heterocycles. The Bertz CT molecular complexity index is 1360. The van der Waals surface area contributed by atoms with E-state index in [1.807, 2.05) is 35.2 Å². The van der Waals surface area contributed by atoms with Crippen LogP contribution >= 0.6 is 0 Å². The molecular weight excluding hydrogens is 438 g/mol. The van der Waals surface area contributed by atoms with Gasteiger partial charge in [0.1, 0.15) is 0 Å². The Balaban J connectivity index is 1.42. The highest BCUT2D eigenvalue weighted by Gasteiger charge is 2.34. The van der Waals surface area contributed by atoms with Crippen LogP contribution in [0.15, 0.2) is 72.8 Å². The minimum absolute atomic E-state index is 0.155. The van der Waals surface area contributed by atoms with E-state index in [1.54, 1.807) is 6.92 Å². The van der Waals surface area contributed by atoms with Gasteiger partial charge in [-0.25, -0.2) is 4.79 Å². The molecule has 2 amide bonds. The van der Waals surface area contributed by atoms with E-state index in [0.717, 1.165) is 28.8 Å². The molecule has 0 fully saturated rings. The third kappa shape index (κ3) is 4.64. The van der Waals surface area contributed by atoms with Crippen LogP contribution in [0.25, 0.3) is 10.9 Å². The number of carbonyl (C=O) groups is 2. The Morgan fingerprint density at radius 1 is 1.03 bits per heavy atom. The zero-order valence-corrected chi connectivity index (χ0v) is 20.0. The molecule has 1 unspecified atom stereocenters. The van der Waals surface area contributed by atoms with Gasteiger partial charge in [0.2, 0.25) is 0 Å². The Morgan fingerprint density at radius 3 is 2.51 bits per heavy atom. The monoisotopic (exact) mass is 467 g/mol. The number of hydrogen-bond acceptors (Lipinski definition) is 3. The van der Waals surface area contributed by atoms with Crippen LogP contribution in [0.4, 0.5) is 10.5 Å². The summed E-state index contributed by atoms with van der Waals surface area (Å²) in [5.41, 5.74) is 7.23. The molecule has 0 saturated carbocycles. The number of aromatic amines is 1. The molecule has 1 atom stereocenters. The topological polar surface area (TPSA) is 74.4 Å². The van der Waals surface area contributed by atoms with Gasteiger partial charge in [-0.15, -0.1) is 0 Å². The van der Waals surface area contributed by atoms with Crippen LogP contribution in [0, 0.1) is 6.92 Å². The zero-order chi connectivity index (χ0) is 24.4. The van der Waals surface area contributed by atoms with Crippen molar-refractivity contribution in [2.45, 2.75) is 32.7 Å². The number of H-pyrrole nitrogens is 1. The number of benzene rings is 3. The first-order chi connectivity index (χ1) is 17.0. The fourth-order valence-electron chi connectivity index (χ4n) is 4.83. The molecular formula is C29H29N3O3. The van der Waals surface area contributed by atoms with E-state index >= 15 is 0 Å². The third-order valence-electron chi connectivity index (χ3n) is 6.55. The summed E-state index contributed by atoms with van der Waals surface area (Å²) in [4.78, 5) is 30.8. The van der Waals surface area contributed by atoms with Gasteiger partial charge in [-0.3, -0.25) is 4.79 Å². The smallest absolute Gasteiger partial charge is 0.322 e. The van der Waals surface area contributed by atoms with Crippen LogP contribution in [-0.2, 0) is 22.4 Å². The lowest BCUT2D eigenvalue weighted by Crippen LogP contribution is -2.43. The molecule has 0 radical (unpaired) electrons. The summed E-state index contributed by atoms with van der Waals surface area (Å²) in [6.07, 6.45) is 1.00. The highest BCUT2D eigenvalue weighted by Crippen LogP contribution is 2.38. The number of ether oxygens (including phenoxy) is 1. The molecule has 0 aliphatic carbocycles. The molecule has 0 spiro atoms. The van der Waals surface area contributed by atoms with Gasteiger partial charge in [-0.05, 0) is 55.2 Å². The number of urea groups is 1. The number of fused-ring (bicyclic) bond motifs is 3. The molecule has 3 aromatic carbocycles. The van der Waals surface area contributed by atoms with Crippen molar-refractivity contribution in [3.63, 3.8) is 0 Å². The average molecular weight is 468 g/mol. The molecule has 1 aliphatic rings. The molecule has 5 rings (SSSR count). The Kier molecular flexibility index (Phi) is 6.27. The number of anilines is 1. The molecule has 6 nitrogen and oxygen atoms in total. The molecule has 0 bridgehead atoms. The van der Waals surface area contributed by atoms with Crippen molar-refractivity contribution in [3.05, 3.63) is 101 Å². The molecule has 4 aromatic rings. The number of para-hydroxylation sites is 1. The molecule has 2 N–H and O–H groups in total. The van der Waals surface area contributed by atoms with E-state index in [1.165, 1.54) is 16.5 Å². The van der Waals surface area contributed by atoms with E-state index in [4.69, 9.17) is 4.74 Å². The number of carbonyl (C=O) groups excluding carboxylic acids is 2. The fourth-order valence-corrected chi connectivity index (χ4v) is 4.83. The van der Waals surface area contributed by atoms with Gasteiger partial charge >= 0.3 is 12.0 Å². The highest BCUT2D eigenvalue weighted by atomic mass is 16.5. The van der Waals surface area contributed by atoms with Gasteiger partial charge in [0.05, 0.1) is 19.1 Å². The molecule has 6 heteroatoms. The second-order valence-corrected chi connectivity index (χ2v) is 8.93. The van der Waals surface area contributed by atoms with Crippen LogP contribution in [0.1, 0.15) is 40.9 Å². The molecule has 1 aromatic heterocycles. The first kappa shape index (κ1) is 22.7.